The van der Waals surface area contributed by atoms with Crippen LogP contribution in [0.2, 0.25) is 0 Å². The van der Waals surface area contributed by atoms with Crippen molar-refractivity contribution in [3.05, 3.63) is 52.9 Å². The average Bonchev–Trinajstić information content (AvgIpc) is 2.80. The summed E-state index contributed by atoms with van der Waals surface area (Å²) >= 11 is 3.42. The van der Waals surface area contributed by atoms with Gasteiger partial charge in [-0.3, -0.25) is 4.40 Å². The molecule has 2 N–H and O–H groups in total. The number of fused-ring (bicyclic) bond motifs is 1. The molecule has 0 aliphatic rings. The number of aromatic nitrogens is 3. The summed E-state index contributed by atoms with van der Waals surface area (Å²) in [6.45, 7) is 0.349. The normalized spacial score (nSPS) is 10.8. The maximum atomic E-state index is 5.66. The van der Waals surface area contributed by atoms with Gasteiger partial charge >= 0.3 is 0 Å². The van der Waals surface area contributed by atoms with Gasteiger partial charge in [0.15, 0.2) is 11.5 Å². The first-order valence-electron chi connectivity index (χ1n) is 5.70. The minimum absolute atomic E-state index is 0.349. The van der Waals surface area contributed by atoms with Crippen LogP contribution in [-0.4, -0.2) is 14.6 Å². The Morgan fingerprint density at radius 1 is 1.11 bits per heavy atom. The molecule has 2 aromatic heterocycles. The molecule has 3 aromatic rings. The van der Waals surface area contributed by atoms with E-state index < -0.39 is 0 Å². The van der Waals surface area contributed by atoms with Gasteiger partial charge in [0.2, 0.25) is 0 Å². The van der Waals surface area contributed by atoms with Crippen LogP contribution in [-0.2, 0) is 6.61 Å². The Balaban J connectivity index is 1.81. The van der Waals surface area contributed by atoms with Gasteiger partial charge in [0.25, 0.3) is 0 Å². The molecule has 0 amide bonds. The fourth-order valence-corrected chi connectivity index (χ4v) is 2.06. The number of halogens is 1. The second kappa shape index (κ2) is 4.89. The maximum Gasteiger partial charge on any atom is 0.175 e. The number of nitrogens with two attached hydrogens (primary N) is 1. The van der Waals surface area contributed by atoms with E-state index in [0.717, 1.165) is 21.7 Å². The second-order valence-corrected chi connectivity index (χ2v) is 4.97. The van der Waals surface area contributed by atoms with Crippen molar-refractivity contribution in [2.45, 2.75) is 6.61 Å². The van der Waals surface area contributed by atoms with Crippen LogP contribution in [0, 0.1) is 0 Å². The van der Waals surface area contributed by atoms with Crippen LogP contribution in [0.3, 0.4) is 0 Å². The standard InChI is InChI=1S/C13H11BrN4O/c14-9-1-6-12-16-17-13(18(12)7-9)8-19-11-4-2-10(15)3-5-11/h1-7H,8,15H2. The van der Waals surface area contributed by atoms with Crippen molar-refractivity contribution < 1.29 is 4.74 Å². The fraction of sp³-hybridized carbons (Fsp3) is 0.0769. The molecular weight excluding hydrogens is 308 g/mol. The molecule has 0 bridgehead atoms. The molecule has 1 aromatic carbocycles. The zero-order valence-electron chi connectivity index (χ0n) is 9.95. The summed E-state index contributed by atoms with van der Waals surface area (Å²) in [5.41, 5.74) is 7.12. The van der Waals surface area contributed by atoms with E-state index in [0.29, 0.717) is 12.3 Å². The third-order valence-electron chi connectivity index (χ3n) is 2.68. The van der Waals surface area contributed by atoms with Crippen molar-refractivity contribution in [2.75, 3.05) is 5.73 Å². The molecule has 0 saturated carbocycles. The summed E-state index contributed by atoms with van der Waals surface area (Å²) in [6, 6.07) is 11.1. The van der Waals surface area contributed by atoms with Gasteiger partial charge in [0.05, 0.1) is 0 Å². The Kier molecular flexibility index (Phi) is 3.08. The highest BCUT2D eigenvalue weighted by Crippen LogP contribution is 2.16. The Morgan fingerprint density at radius 2 is 1.89 bits per heavy atom. The lowest BCUT2D eigenvalue weighted by Gasteiger charge is -2.05. The van der Waals surface area contributed by atoms with Crippen LogP contribution < -0.4 is 10.5 Å². The van der Waals surface area contributed by atoms with Gasteiger partial charge in [-0.1, -0.05) is 0 Å². The molecule has 6 heteroatoms. The van der Waals surface area contributed by atoms with Gasteiger partial charge in [0.1, 0.15) is 12.4 Å². The molecule has 0 spiro atoms. The fourth-order valence-electron chi connectivity index (χ4n) is 1.72. The molecule has 3 rings (SSSR count). The van der Waals surface area contributed by atoms with E-state index in [1.54, 1.807) is 12.1 Å². The minimum Gasteiger partial charge on any atom is -0.486 e. The zero-order valence-corrected chi connectivity index (χ0v) is 11.5. The number of nitrogen functional groups attached to an aromatic ring is 1. The highest BCUT2D eigenvalue weighted by molar-refractivity contribution is 9.10. The SMILES string of the molecule is Nc1ccc(OCc2nnc3ccc(Br)cn23)cc1. The van der Waals surface area contributed by atoms with E-state index in [1.807, 2.05) is 34.9 Å². The van der Waals surface area contributed by atoms with Gasteiger partial charge < -0.3 is 10.5 Å². The predicted molar refractivity (Wildman–Crippen MR) is 75.9 cm³/mol. The number of rotatable bonds is 3. The summed E-state index contributed by atoms with van der Waals surface area (Å²) in [7, 11) is 0. The van der Waals surface area contributed by atoms with Gasteiger partial charge in [-0.15, -0.1) is 10.2 Å². The minimum atomic E-state index is 0.349. The maximum absolute atomic E-state index is 5.66. The molecular formula is C13H11BrN4O. The topological polar surface area (TPSA) is 65.4 Å². The van der Waals surface area contributed by atoms with E-state index in [1.165, 1.54) is 0 Å². The smallest absolute Gasteiger partial charge is 0.175 e. The average molecular weight is 319 g/mol. The van der Waals surface area contributed by atoms with Crippen molar-refractivity contribution in [1.29, 1.82) is 0 Å². The van der Waals surface area contributed by atoms with E-state index in [2.05, 4.69) is 26.1 Å². The van der Waals surface area contributed by atoms with Crippen LogP contribution in [0.25, 0.3) is 5.65 Å². The molecule has 96 valence electrons. The first-order chi connectivity index (χ1) is 9.22. The van der Waals surface area contributed by atoms with Gasteiger partial charge in [-0.05, 0) is 52.3 Å². The first kappa shape index (κ1) is 12.0. The van der Waals surface area contributed by atoms with Crippen molar-refractivity contribution in [3.8, 4) is 5.75 Å². The summed E-state index contributed by atoms with van der Waals surface area (Å²) in [4.78, 5) is 0. The Labute approximate surface area is 118 Å². The predicted octanol–water partition coefficient (Wildman–Crippen LogP) is 2.65. The number of anilines is 1. The quantitative estimate of drug-likeness (QED) is 0.754. The third kappa shape index (κ3) is 2.53. The highest BCUT2D eigenvalue weighted by atomic mass is 79.9. The number of benzene rings is 1. The largest absolute Gasteiger partial charge is 0.486 e. The van der Waals surface area contributed by atoms with Gasteiger partial charge in [-0.25, -0.2) is 0 Å². The number of hydrogen-bond donors (Lipinski definition) is 1. The van der Waals surface area contributed by atoms with Crippen molar-refractivity contribution in [3.63, 3.8) is 0 Å². The van der Waals surface area contributed by atoms with Crippen LogP contribution in [0.1, 0.15) is 5.82 Å². The lowest BCUT2D eigenvalue weighted by molar-refractivity contribution is 0.294. The van der Waals surface area contributed by atoms with Crippen LogP contribution in [0.15, 0.2) is 47.1 Å². The summed E-state index contributed by atoms with van der Waals surface area (Å²) in [5.74, 6) is 1.49. The number of pyridine rings is 1. The molecule has 0 saturated heterocycles. The molecule has 0 fully saturated rings. The molecule has 2 heterocycles. The molecule has 19 heavy (non-hydrogen) atoms. The summed E-state index contributed by atoms with van der Waals surface area (Å²) < 4.78 is 8.52. The van der Waals surface area contributed by atoms with E-state index >= 15 is 0 Å². The number of ether oxygens (including phenoxy) is 1. The monoisotopic (exact) mass is 318 g/mol. The summed E-state index contributed by atoms with van der Waals surface area (Å²) in [5, 5.41) is 8.19. The zero-order chi connectivity index (χ0) is 13.2. The molecule has 0 unspecified atom stereocenters. The lowest BCUT2D eigenvalue weighted by Crippen LogP contribution is -2.01. The Hall–Kier alpha value is -2.08. The van der Waals surface area contributed by atoms with E-state index in [4.69, 9.17) is 10.5 Å². The molecule has 0 aliphatic carbocycles. The van der Waals surface area contributed by atoms with E-state index in [-0.39, 0.29) is 0 Å². The Morgan fingerprint density at radius 3 is 2.68 bits per heavy atom. The van der Waals surface area contributed by atoms with Crippen molar-refractivity contribution >= 4 is 27.3 Å². The molecule has 0 atom stereocenters. The Bertz CT molecular complexity index is 708. The number of hydrogen-bond acceptors (Lipinski definition) is 4. The van der Waals surface area contributed by atoms with Crippen LogP contribution in [0.5, 0.6) is 5.75 Å². The van der Waals surface area contributed by atoms with Gasteiger partial charge in [0, 0.05) is 16.4 Å². The van der Waals surface area contributed by atoms with Gasteiger partial charge in [-0.2, -0.15) is 0 Å². The lowest BCUT2D eigenvalue weighted by atomic mass is 10.3. The van der Waals surface area contributed by atoms with Crippen molar-refractivity contribution in [2.24, 2.45) is 0 Å². The second-order valence-electron chi connectivity index (χ2n) is 4.05. The summed E-state index contributed by atoms with van der Waals surface area (Å²) in [6.07, 6.45) is 1.91. The van der Waals surface area contributed by atoms with E-state index in [9.17, 15) is 0 Å². The van der Waals surface area contributed by atoms with Crippen LogP contribution >= 0.6 is 15.9 Å². The van der Waals surface area contributed by atoms with Crippen LogP contribution in [0.4, 0.5) is 5.69 Å². The molecule has 0 radical (unpaired) electrons. The first-order valence-corrected chi connectivity index (χ1v) is 6.49. The highest BCUT2D eigenvalue weighted by Gasteiger charge is 2.06. The molecule has 5 nitrogen and oxygen atoms in total. The van der Waals surface area contributed by atoms with Crippen molar-refractivity contribution in [1.82, 2.24) is 14.6 Å². The third-order valence-corrected chi connectivity index (χ3v) is 3.15. The number of nitrogens with zero attached hydrogens (tertiary/aromatic N) is 3. The molecule has 0 aliphatic heterocycles.